The summed E-state index contributed by atoms with van der Waals surface area (Å²) in [6, 6.07) is 0. The Bertz CT molecular complexity index is 415. The predicted octanol–water partition coefficient (Wildman–Crippen LogP) is 6.27. The summed E-state index contributed by atoms with van der Waals surface area (Å²) < 4.78 is 5.67. The van der Waals surface area contributed by atoms with Crippen LogP contribution >= 0.6 is 0 Å². The number of hydrogen-bond acceptors (Lipinski definition) is 3. The van der Waals surface area contributed by atoms with Gasteiger partial charge in [-0.3, -0.25) is 4.79 Å². The molecular formula is C24H44O3. The van der Waals surface area contributed by atoms with Gasteiger partial charge in [0, 0.05) is 0 Å². The van der Waals surface area contributed by atoms with Crippen LogP contribution in [0.25, 0.3) is 0 Å². The molecule has 0 unspecified atom stereocenters. The Morgan fingerprint density at radius 2 is 1.44 bits per heavy atom. The van der Waals surface area contributed by atoms with E-state index < -0.39 is 5.41 Å². The van der Waals surface area contributed by atoms with Crippen LogP contribution in [-0.4, -0.2) is 23.8 Å². The number of unbranched alkanes of at least 4 members (excludes halogenated alkanes) is 4. The van der Waals surface area contributed by atoms with E-state index in [0.717, 1.165) is 30.6 Å². The van der Waals surface area contributed by atoms with Gasteiger partial charge in [0.15, 0.2) is 0 Å². The zero-order valence-corrected chi connectivity index (χ0v) is 18.2. The molecule has 0 bridgehead atoms. The van der Waals surface area contributed by atoms with Crippen LogP contribution in [0.15, 0.2) is 0 Å². The Hall–Kier alpha value is -0.570. The van der Waals surface area contributed by atoms with Gasteiger partial charge in [0.05, 0.1) is 12.0 Å². The van der Waals surface area contributed by atoms with Gasteiger partial charge in [0.2, 0.25) is 0 Å². The third-order valence-corrected chi connectivity index (χ3v) is 7.21. The molecule has 2 rings (SSSR count). The molecule has 2 aliphatic carbocycles. The molecule has 1 N–H and O–H groups in total. The number of aliphatic hydroxyl groups excluding tert-OH is 1. The maximum atomic E-state index is 12.1. The highest BCUT2D eigenvalue weighted by molar-refractivity contribution is 5.76. The Morgan fingerprint density at radius 3 is 2.00 bits per heavy atom. The van der Waals surface area contributed by atoms with Crippen molar-refractivity contribution in [2.24, 2.45) is 23.2 Å². The molecule has 3 nitrogen and oxygen atoms in total. The van der Waals surface area contributed by atoms with E-state index in [1.54, 1.807) is 13.8 Å². The van der Waals surface area contributed by atoms with E-state index in [0.29, 0.717) is 0 Å². The van der Waals surface area contributed by atoms with E-state index in [1.807, 2.05) is 0 Å². The van der Waals surface area contributed by atoms with Gasteiger partial charge in [0.25, 0.3) is 0 Å². The summed E-state index contributed by atoms with van der Waals surface area (Å²) in [5.74, 6) is 2.50. The van der Waals surface area contributed by atoms with Crippen molar-refractivity contribution in [1.29, 1.82) is 0 Å². The number of ether oxygens (including phenoxy) is 1. The standard InChI is InChI=1S/C24H44O3/c1-4-5-6-7-8-9-19-10-12-20(13-11-19)21-14-16-22(17-15-21)27-23(26)24(2,3)18-25/h19-22,25H,4-18H2,1-3H3. The molecule has 0 atom stereocenters. The van der Waals surface area contributed by atoms with Gasteiger partial charge < -0.3 is 9.84 Å². The molecule has 2 aliphatic rings. The second-order valence-electron chi connectivity index (χ2n) is 9.97. The molecule has 0 heterocycles. The maximum Gasteiger partial charge on any atom is 0.314 e. The lowest BCUT2D eigenvalue weighted by Gasteiger charge is -2.38. The second-order valence-corrected chi connectivity index (χ2v) is 9.97. The lowest BCUT2D eigenvalue weighted by Crippen LogP contribution is -2.35. The van der Waals surface area contributed by atoms with Gasteiger partial charge in [-0.1, -0.05) is 58.3 Å². The molecule has 2 saturated carbocycles. The largest absolute Gasteiger partial charge is 0.462 e. The molecule has 2 fully saturated rings. The van der Waals surface area contributed by atoms with Crippen molar-refractivity contribution in [2.75, 3.05) is 6.61 Å². The number of hydrogen-bond donors (Lipinski definition) is 1. The van der Waals surface area contributed by atoms with Crippen LogP contribution in [0.1, 0.15) is 111 Å². The number of rotatable bonds is 10. The molecule has 0 aliphatic heterocycles. The summed E-state index contributed by atoms with van der Waals surface area (Å²) in [7, 11) is 0. The first-order valence-corrected chi connectivity index (χ1v) is 11.8. The molecule has 0 aromatic rings. The van der Waals surface area contributed by atoms with Crippen molar-refractivity contribution in [1.82, 2.24) is 0 Å². The molecule has 0 aromatic heterocycles. The van der Waals surface area contributed by atoms with Crippen LogP contribution in [0.3, 0.4) is 0 Å². The molecule has 0 radical (unpaired) electrons. The lowest BCUT2D eigenvalue weighted by molar-refractivity contribution is -0.164. The molecular weight excluding hydrogens is 336 g/mol. The van der Waals surface area contributed by atoms with E-state index in [4.69, 9.17) is 4.74 Å². The monoisotopic (exact) mass is 380 g/mol. The fourth-order valence-electron chi connectivity index (χ4n) is 5.04. The highest BCUT2D eigenvalue weighted by Crippen LogP contribution is 2.41. The first-order valence-electron chi connectivity index (χ1n) is 11.8. The number of aliphatic hydroxyl groups is 1. The predicted molar refractivity (Wildman–Crippen MR) is 112 cm³/mol. The van der Waals surface area contributed by atoms with E-state index in [-0.39, 0.29) is 18.7 Å². The molecule has 0 spiro atoms. The average Bonchev–Trinajstić information content (AvgIpc) is 2.69. The summed E-state index contributed by atoms with van der Waals surface area (Å²) in [5, 5.41) is 9.32. The van der Waals surface area contributed by atoms with Crippen molar-refractivity contribution in [3.05, 3.63) is 0 Å². The fraction of sp³-hybridized carbons (Fsp3) is 0.958. The average molecular weight is 381 g/mol. The zero-order chi connectivity index (χ0) is 19.7. The van der Waals surface area contributed by atoms with Gasteiger partial charge in [-0.05, 0) is 70.1 Å². The van der Waals surface area contributed by atoms with Crippen molar-refractivity contribution in [3.8, 4) is 0 Å². The molecule has 3 heteroatoms. The summed E-state index contributed by atoms with van der Waals surface area (Å²) >= 11 is 0. The fourth-order valence-corrected chi connectivity index (χ4v) is 5.04. The van der Waals surface area contributed by atoms with Crippen LogP contribution in [0.5, 0.6) is 0 Å². The summed E-state index contributed by atoms with van der Waals surface area (Å²) in [6.07, 6.45) is 18.7. The Kier molecular flexibility index (Phi) is 9.62. The summed E-state index contributed by atoms with van der Waals surface area (Å²) in [6.45, 7) is 5.64. The van der Waals surface area contributed by atoms with Crippen LogP contribution in [0.2, 0.25) is 0 Å². The van der Waals surface area contributed by atoms with Crippen LogP contribution in [-0.2, 0) is 9.53 Å². The lowest BCUT2D eigenvalue weighted by atomic mass is 9.70. The Labute approximate surface area is 167 Å². The quantitative estimate of drug-likeness (QED) is 0.359. The van der Waals surface area contributed by atoms with E-state index in [1.165, 1.54) is 77.0 Å². The summed E-state index contributed by atoms with van der Waals surface area (Å²) in [4.78, 5) is 12.1. The SMILES string of the molecule is CCCCCCCC1CCC(C2CCC(OC(=O)C(C)(C)CO)CC2)CC1. The van der Waals surface area contributed by atoms with Crippen LogP contribution in [0.4, 0.5) is 0 Å². The van der Waals surface area contributed by atoms with Crippen molar-refractivity contribution in [2.45, 2.75) is 117 Å². The van der Waals surface area contributed by atoms with Gasteiger partial charge >= 0.3 is 5.97 Å². The van der Waals surface area contributed by atoms with Crippen LogP contribution in [0, 0.1) is 23.2 Å². The van der Waals surface area contributed by atoms with Gasteiger partial charge in [-0.25, -0.2) is 0 Å². The van der Waals surface area contributed by atoms with Gasteiger partial charge in [-0.2, -0.15) is 0 Å². The topological polar surface area (TPSA) is 46.5 Å². The van der Waals surface area contributed by atoms with Crippen molar-refractivity contribution >= 4 is 5.97 Å². The second kappa shape index (κ2) is 11.4. The highest BCUT2D eigenvalue weighted by Gasteiger charge is 2.34. The molecule has 0 amide bonds. The number of carbonyl (C=O) groups is 1. The normalized spacial score (nSPS) is 29.5. The van der Waals surface area contributed by atoms with Gasteiger partial charge in [-0.15, -0.1) is 0 Å². The highest BCUT2D eigenvalue weighted by atomic mass is 16.5. The third kappa shape index (κ3) is 7.40. The minimum atomic E-state index is -0.772. The molecule has 0 saturated heterocycles. The van der Waals surface area contributed by atoms with E-state index in [9.17, 15) is 9.90 Å². The van der Waals surface area contributed by atoms with Crippen LogP contribution < -0.4 is 0 Å². The van der Waals surface area contributed by atoms with Gasteiger partial charge in [0.1, 0.15) is 6.10 Å². The first kappa shape index (κ1) is 22.7. The van der Waals surface area contributed by atoms with Crippen molar-refractivity contribution < 1.29 is 14.6 Å². The van der Waals surface area contributed by atoms with Crippen molar-refractivity contribution in [3.63, 3.8) is 0 Å². The minimum absolute atomic E-state index is 0.0686. The minimum Gasteiger partial charge on any atom is -0.462 e. The summed E-state index contributed by atoms with van der Waals surface area (Å²) in [5.41, 5.74) is -0.772. The molecule has 158 valence electrons. The third-order valence-electron chi connectivity index (χ3n) is 7.21. The number of carbonyl (C=O) groups excluding carboxylic acids is 1. The number of esters is 1. The first-order chi connectivity index (χ1) is 13.0. The van der Waals surface area contributed by atoms with E-state index in [2.05, 4.69) is 6.92 Å². The Balaban J connectivity index is 1.61. The van der Waals surface area contributed by atoms with E-state index >= 15 is 0 Å². The zero-order valence-electron chi connectivity index (χ0n) is 18.2. The molecule has 0 aromatic carbocycles. The smallest absolute Gasteiger partial charge is 0.314 e. The Morgan fingerprint density at radius 1 is 0.889 bits per heavy atom. The maximum absolute atomic E-state index is 12.1. The molecule has 27 heavy (non-hydrogen) atoms.